The fourth-order valence-electron chi connectivity index (χ4n) is 4.19. The molecule has 0 atom stereocenters. The van der Waals surface area contributed by atoms with Crippen molar-refractivity contribution in [3.05, 3.63) is 113 Å². The summed E-state index contributed by atoms with van der Waals surface area (Å²) in [4.78, 5) is 26.3. The Balaban J connectivity index is 1.43. The van der Waals surface area contributed by atoms with Gasteiger partial charge < -0.3 is 9.51 Å². The Labute approximate surface area is 215 Å². The van der Waals surface area contributed by atoms with Crippen LogP contribution in [0.15, 0.2) is 99.5 Å². The molecule has 6 rings (SSSR count). The second-order valence-corrected chi connectivity index (χ2v) is 9.37. The van der Waals surface area contributed by atoms with Gasteiger partial charge in [-0.05, 0) is 36.2 Å². The molecular weight excluding hydrogens is 489 g/mol. The van der Waals surface area contributed by atoms with E-state index in [9.17, 15) is 9.18 Å². The molecule has 182 valence electrons. The molecule has 0 aliphatic carbocycles. The van der Waals surface area contributed by atoms with Crippen LogP contribution < -0.4 is 5.56 Å². The van der Waals surface area contributed by atoms with Crippen molar-refractivity contribution in [2.75, 3.05) is 0 Å². The molecule has 3 heterocycles. The summed E-state index contributed by atoms with van der Waals surface area (Å²) in [6, 6.07) is 23.5. The first-order valence-corrected chi connectivity index (χ1v) is 12.5. The molecule has 37 heavy (non-hydrogen) atoms. The lowest BCUT2D eigenvalue weighted by Crippen LogP contribution is -2.22. The predicted molar refractivity (Wildman–Crippen MR) is 141 cm³/mol. The Morgan fingerprint density at radius 1 is 0.973 bits per heavy atom. The summed E-state index contributed by atoms with van der Waals surface area (Å²) in [5.41, 5.74) is 4.83. The number of halogens is 1. The van der Waals surface area contributed by atoms with Gasteiger partial charge in [-0.15, -0.1) is 0 Å². The summed E-state index contributed by atoms with van der Waals surface area (Å²) in [7, 11) is 0. The number of rotatable bonds is 6. The molecule has 9 heteroatoms. The minimum Gasteiger partial charge on any atom is -0.355 e. The number of thioether (sulfide) groups is 1. The Kier molecular flexibility index (Phi) is 5.90. The first kappa shape index (κ1) is 22.9. The van der Waals surface area contributed by atoms with Crippen LogP contribution >= 0.6 is 11.8 Å². The van der Waals surface area contributed by atoms with Crippen molar-refractivity contribution in [3.63, 3.8) is 0 Å². The molecule has 6 aromatic rings. The van der Waals surface area contributed by atoms with Gasteiger partial charge >= 0.3 is 0 Å². The highest BCUT2D eigenvalue weighted by atomic mass is 32.2. The number of nitrogens with zero attached hydrogens (tertiary/aromatic N) is 4. The van der Waals surface area contributed by atoms with E-state index in [0.29, 0.717) is 33.5 Å². The molecule has 0 amide bonds. The van der Waals surface area contributed by atoms with Crippen molar-refractivity contribution in [1.82, 2.24) is 24.7 Å². The lowest BCUT2D eigenvalue weighted by Gasteiger charge is -2.14. The van der Waals surface area contributed by atoms with Crippen LogP contribution in [0.25, 0.3) is 39.2 Å². The Hall–Kier alpha value is -4.50. The van der Waals surface area contributed by atoms with E-state index in [-0.39, 0.29) is 17.1 Å². The minimum absolute atomic E-state index is 0.199. The number of aryl methyl sites for hydroxylation is 1. The Bertz CT molecular complexity index is 1790. The third kappa shape index (κ3) is 4.34. The largest absolute Gasteiger partial charge is 0.355 e. The van der Waals surface area contributed by atoms with Gasteiger partial charge in [-0.3, -0.25) is 9.36 Å². The molecule has 0 fully saturated rings. The summed E-state index contributed by atoms with van der Waals surface area (Å²) in [5, 5.41) is 4.48. The van der Waals surface area contributed by atoms with E-state index in [1.165, 1.54) is 23.9 Å². The molecule has 1 N–H and O–H groups in total. The normalized spacial score (nSPS) is 11.3. The number of benzene rings is 3. The van der Waals surface area contributed by atoms with Gasteiger partial charge in [0.15, 0.2) is 5.16 Å². The predicted octanol–water partition coefficient (Wildman–Crippen LogP) is 6.17. The highest BCUT2D eigenvalue weighted by Crippen LogP contribution is 2.30. The lowest BCUT2D eigenvalue weighted by atomic mass is 10.1. The number of aromatic nitrogens is 5. The molecule has 0 bridgehead atoms. The molecule has 0 spiro atoms. The SMILES string of the molecule is Cc1ccccc1-n1c(SCc2nc(-c3cccc(F)c3)no2)nc2c(-c3ccccc3)c[nH]c2c1=O. The van der Waals surface area contributed by atoms with Crippen molar-refractivity contribution in [2.24, 2.45) is 0 Å². The monoisotopic (exact) mass is 509 g/mol. The zero-order valence-electron chi connectivity index (χ0n) is 19.7. The molecule has 0 radical (unpaired) electrons. The second kappa shape index (κ2) is 9.51. The summed E-state index contributed by atoms with van der Waals surface area (Å²) >= 11 is 1.32. The van der Waals surface area contributed by atoms with Crippen molar-refractivity contribution in [2.45, 2.75) is 17.8 Å². The van der Waals surface area contributed by atoms with Gasteiger partial charge in [0.05, 0.1) is 11.4 Å². The first-order valence-electron chi connectivity index (χ1n) is 11.6. The average molecular weight is 510 g/mol. The molecule has 0 saturated heterocycles. The number of hydrogen-bond donors (Lipinski definition) is 1. The zero-order chi connectivity index (χ0) is 25.4. The smallest absolute Gasteiger partial charge is 0.283 e. The molecule has 0 saturated carbocycles. The lowest BCUT2D eigenvalue weighted by molar-refractivity contribution is 0.391. The number of hydrogen-bond acceptors (Lipinski definition) is 6. The molecule has 0 unspecified atom stereocenters. The third-order valence-electron chi connectivity index (χ3n) is 5.99. The van der Waals surface area contributed by atoms with Crippen LogP contribution in [-0.4, -0.2) is 24.7 Å². The molecule has 0 aliphatic heterocycles. The minimum atomic E-state index is -0.376. The number of fused-ring (bicyclic) bond motifs is 1. The van der Waals surface area contributed by atoms with Crippen molar-refractivity contribution < 1.29 is 8.91 Å². The summed E-state index contributed by atoms with van der Waals surface area (Å²) in [5.74, 6) is 0.537. The Morgan fingerprint density at radius 2 is 1.76 bits per heavy atom. The quantitative estimate of drug-likeness (QED) is 0.213. The summed E-state index contributed by atoms with van der Waals surface area (Å²) < 4.78 is 20.7. The molecule has 7 nitrogen and oxygen atoms in total. The standard InChI is InChI=1S/C28H20FN5O2S/c1-17-8-5-6-13-22(17)34-27(35)25-24(21(15-30-25)18-9-3-2-4-10-18)32-28(34)37-16-23-31-26(33-36-23)19-11-7-12-20(29)14-19/h2-15,30H,16H2,1H3. The van der Waals surface area contributed by atoms with Crippen LogP contribution in [-0.2, 0) is 5.75 Å². The van der Waals surface area contributed by atoms with E-state index in [4.69, 9.17) is 9.51 Å². The highest BCUT2D eigenvalue weighted by molar-refractivity contribution is 7.98. The van der Waals surface area contributed by atoms with Gasteiger partial charge in [0.2, 0.25) is 11.7 Å². The second-order valence-electron chi connectivity index (χ2n) is 8.42. The van der Waals surface area contributed by atoms with Gasteiger partial charge in [0.25, 0.3) is 5.56 Å². The summed E-state index contributed by atoms with van der Waals surface area (Å²) in [6.45, 7) is 1.95. The maximum atomic E-state index is 13.8. The average Bonchev–Trinajstić information content (AvgIpc) is 3.56. The van der Waals surface area contributed by atoms with Crippen LogP contribution in [0, 0.1) is 12.7 Å². The number of para-hydroxylation sites is 1. The fourth-order valence-corrected chi connectivity index (χ4v) is 5.02. The van der Waals surface area contributed by atoms with E-state index in [2.05, 4.69) is 15.1 Å². The maximum Gasteiger partial charge on any atom is 0.283 e. The van der Waals surface area contributed by atoms with Crippen LogP contribution in [0.3, 0.4) is 0 Å². The van der Waals surface area contributed by atoms with Gasteiger partial charge in [-0.25, -0.2) is 9.37 Å². The van der Waals surface area contributed by atoms with Gasteiger partial charge in [-0.2, -0.15) is 4.98 Å². The van der Waals surface area contributed by atoms with Crippen LogP contribution in [0.2, 0.25) is 0 Å². The van der Waals surface area contributed by atoms with Gasteiger partial charge in [0, 0.05) is 17.3 Å². The molecule has 0 aliphatic rings. The van der Waals surface area contributed by atoms with E-state index >= 15 is 0 Å². The molecule has 3 aromatic heterocycles. The van der Waals surface area contributed by atoms with Crippen molar-refractivity contribution >= 4 is 22.8 Å². The zero-order valence-corrected chi connectivity index (χ0v) is 20.5. The van der Waals surface area contributed by atoms with Gasteiger partial charge in [0.1, 0.15) is 16.9 Å². The van der Waals surface area contributed by atoms with Gasteiger partial charge in [-0.1, -0.05) is 77.6 Å². The van der Waals surface area contributed by atoms with E-state index in [1.807, 2.05) is 67.7 Å². The maximum absolute atomic E-state index is 13.8. The number of nitrogens with one attached hydrogen (secondary N) is 1. The van der Waals surface area contributed by atoms with E-state index in [0.717, 1.165) is 22.4 Å². The molecular formula is C28H20FN5O2S. The Morgan fingerprint density at radius 3 is 2.57 bits per heavy atom. The fraction of sp³-hybridized carbons (Fsp3) is 0.0714. The van der Waals surface area contributed by atoms with E-state index < -0.39 is 0 Å². The number of aromatic amines is 1. The van der Waals surface area contributed by atoms with Crippen LogP contribution in [0.4, 0.5) is 4.39 Å². The van der Waals surface area contributed by atoms with Crippen LogP contribution in [0.5, 0.6) is 0 Å². The molecule has 3 aromatic carbocycles. The van der Waals surface area contributed by atoms with Crippen molar-refractivity contribution in [1.29, 1.82) is 0 Å². The highest BCUT2D eigenvalue weighted by Gasteiger charge is 2.20. The summed E-state index contributed by atoms with van der Waals surface area (Å²) in [6.07, 6.45) is 1.81. The third-order valence-corrected chi connectivity index (χ3v) is 6.91. The topological polar surface area (TPSA) is 89.6 Å². The number of H-pyrrole nitrogens is 1. The first-order chi connectivity index (χ1) is 18.1. The van der Waals surface area contributed by atoms with Crippen molar-refractivity contribution in [3.8, 4) is 28.2 Å². The van der Waals surface area contributed by atoms with E-state index in [1.54, 1.807) is 16.7 Å². The van der Waals surface area contributed by atoms with Crippen LogP contribution in [0.1, 0.15) is 11.5 Å².